The van der Waals surface area contributed by atoms with Crippen molar-refractivity contribution >= 4 is 17.4 Å². The molecule has 25 heavy (non-hydrogen) atoms. The molecule has 0 radical (unpaired) electrons. The third-order valence-electron chi connectivity index (χ3n) is 4.24. The van der Waals surface area contributed by atoms with E-state index in [0.29, 0.717) is 24.7 Å². The molecule has 0 bridgehead atoms. The Balaban J connectivity index is 1.64. The molecule has 2 aromatic rings. The van der Waals surface area contributed by atoms with Crippen molar-refractivity contribution in [3.8, 4) is 0 Å². The zero-order valence-corrected chi connectivity index (χ0v) is 14.9. The van der Waals surface area contributed by atoms with Crippen LogP contribution in [0.3, 0.4) is 0 Å². The average molecular weight is 339 g/mol. The summed E-state index contributed by atoms with van der Waals surface area (Å²) in [6.45, 7) is 8.18. The minimum Gasteiger partial charge on any atom is -0.382 e. The van der Waals surface area contributed by atoms with Gasteiger partial charge in [0.2, 0.25) is 0 Å². The summed E-state index contributed by atoms with van der Waals surface area (Å²) in [5.74, 6) is 1.54. The Morgan fingerprint density at radius 2 is 1.84 bits per heavy atom. The van der Waals surface area contributed by atoms with Crippen LogP contribution in [0.1, 0.15) is 24.3 Å². The molecule has 0 unspecified atom stereocenters. The summed E-state index contributed by atoms with van der Waals surface area (Å²) < 4.78 is 0. The van der Waals surface area contributed by atoms with Gasteiger partial charge in [-0.2, -0.15) is 0 Å². The molecular weight excluding hydrogens is 314 g/mol. The summed E-state index contributed by atoms with van der Waals surface area (Å²) >= 11 is 0. The predicted molar refractivity (Wildman–Crippen MR) is 99.9 cm³/mol. The molecule has 1 aliphatic rings. The quantitative estimate of drug-likeness (QED) is 0.907. The Bertz CT molecular complexity index is 696. The van der Waals surface area contributed by atoms with Crippen LogP contribution in [-0.2, 0) is 0 Å². The van der Waals surface area contributed by atoms with Gasteiger partial charge in [-0.15, -0.1) is 0 Å². The van der Waals surface area contributed by atoms with E-state index in [9.17, 15) is 4.79 Å². The summed E-state index contributed by atoms with van der Waals surface area (Å²) in [6.07, 6.45) is 3.48. The van der Waals surface area contributed by atoms with Crippen molar-refractivity contribution in [2.45, 2.75) is 13.8 Å². The average Bonchev–Trinajstić information content (AvgIpc) is 2.67. The van der Waals surface area contributed by atoms with E-state index in [1.807, 2.05) is 29.3 Å². The van der Waals surface area contributed by atoms with Crippen LogP contribution in [0, 0.1) is 5.92 Å². The number of rotatable bonds is 5. The minimum absolute atomic E-state index is 0.000530. The van der Waals surface area contributed by atoms with Gasteiger partial charge in [-0.3, -0.25) is 9.78 Å². The van der Waals surface area contributed by atoms with Crippen LogP contribution in [0.5, 0.6) is 0 Å². The van der Waals surface area contributed by atoms with Gasteiger partial charge in [0.05, 0.1) is 5.69 Å². The number of pyridine rings is 2. The number of hydrogen-bond acceptors (Lipinski definition) is 5. The van der Waals surface area contributed by atoms with Crippen LogP contribution in [-0.4, -0.2) is 53.5 Å². The Morgan fingerprint density at radius 3 is 2.52 bits per heavy atom. The second kappa shape index (κ2) is 7.96. The maximum Gasteiger partial charge on any atom is 0.272 e. The summed E-state index contributed by atoms with van der Waals surface area (Å²) in [7, 11) is 0. The molecule has 6 nitrogen and oxygen atoms in total. The zero-order valence-electron chi connectivity index (χ0n) is 14.9. The highest BCUT2D eigenvalue weighted by Crippen LogP contribution is 2.24. The van der Waals surface area contributed by atoms with E-state index in [2.05, 4.69) is 40.1 Å². The third kappa shape index (κ3) is 4.26. The maximum atomic E-state index is 12.5. The number of anilines is 2. The van der Waals surface area contributed by atoms with E-state index in [1.165, 1.54) is 0 Å². The molecule has 0 aliphatic carbocycles. The van der Waals surface area contributed by atoms with Crippen LogP contribution < -0.4 is 10.2 Å². The monoisotopic (exact) mass is 339 g/mol. The van der Waals surface area contributed by atoms with Gasteiger partial charge >= 0.3 is 0 Å². The Hall–Kier alpha value is -2.63. The molecule has 6 heteroatoms. The smallest absolute Gasteiger partial charge is 0.272 e. The maximum absolute atomic E-state index is 12.5. The van der Waals surface area contributed by atoms with Crippen molar-refractivity contribution in [2.75, 3.05) is 42.9 Å². The predicted octanol–water partition coefficient (Wildman–Crippen LogP) is 2.51. The molecule has 1 fully saturated rings. The van der Waals surface area contributed by atoms with E-state index in [4.69, 9.17) is 0 Å². The fourth-order valence-corrected chi connectivity index (χ4v) is 2.87. The molecule has 1 N–H and O–H groups in total. The summed E-state index contributed by atoms with van der Waals surface area (Å²) in [4.78, 5) is 25.3. The zero-order chi connectivity index (χ0) is 17.6. The van der Waals surface area contributed by atoms with Crippen LogP contribution in [0.25, 0.3) is 0 Å². The summed E-state index contributed by atoms with van der Waals surface area (Å²) in [5.41, 5.74) is 1.56. The van der Waals surface area contributed by atoms with Gasteiger partial charge in [-0.05, 0) is 30.2 Å². The van der Waals surface area contributed by atoms with E-state index < -0.39 is 0 Å². The van der Waals surface area contributed by atoms with Crippen LogP contribution in [0.4, 0.5) is 11.5 Å². The minimum atomic E-state index is -0.000530. The van der Waals surface area contributed by atoms with Gasteiger partial charge in [-0.25, -0.2) is 4.98 Å². The van der Waals surface area contributed by atoms with Crippen molar-refractivity contribution in [1.82, 2.24) is 14.9 Å². The van der Waals surface area contributed by atoms with Gasteiger partial charge in [0.15, 0.2) is 5.82 Å². The highest BCUT2D eigenvalue weighted by molar-refractivity contribution is 5.92. The van der Waals surface area contributed by atoms with Gasteiger partial charge in [0.1, 0.15) is 5.69 Å². The third-order valence-corrected chi connectivity index (χ3v) is 4.24. The molecule has 132 valence electrons. The number of amides is 1. The van der Waals surface area contributed by atoms with Gasteiger partial charge in [-0.1, -0.05) is 19.9 Å². The van der Waals surface area contributed by atoms with Crippen molar-refractivity contribution < 1.29 is 4.79 Å². The Kier molecular flexibility index (Phi) is 5.48. The van der Waals surface area contributed by atoms with E-state index in [0.717, 1.165) is 31.1 Å². The molecule has 3 rings (SSSR count). The summed E-state index contributed by atoms with van der Waals surface area (Å²) in [5, 5.41) is 3.48. The lowest BCUT2D eigenvalue weighted by molar-refractivity contribution is 0.0740. The van der Waals surface area contributed by atoms with Gasteiger partial charge in [0.25, 0.3) is 5.91 Å². The Labute approximate surface area is 148 Å². The molecule has 1 saturated heterocycles. The molecule has 0 saturated carbocycles. The lowest BCUT2D eigenvalue weighted by atomic mass is 10.2. The summed E-state index contributed by atoms with van der Waals surface area (Å²) in [6, 6.07) is 9.45. The van der Waals surface area contributed by atoms with Gasteiger partial charge < -0.3 is 15.1 Å². The number of carbonyl (C=O) groups is 1. The fourth-order valence-electron chi connectivity index (χ4n) is 2.87. The molecule has 2 aromatic heterocycles. The molecule has 0 aromatic carbocycles. The number of carbonyl (C=O) groups excluding carboxylic acids is 1. The molecular formula is C19H25N5O. The SMILES string of the molecule is CC(C)CNc1cccnc1N1CCN(C(=O)c2ccccn2)CC1. The van der Waals surface area contributed by atoms with Crippen molar-refractivity contribution in [3.63, 3.8) is 0 Å². The number of aromatic nitrogens is 2. The lowest BCUT2D eigenvalue weighted by Gasteiger charge is -2.36. The number of hydrogen-bond donors (Lipinski definition) is 1. The molecule has 0 spiro atoms. The standard InChI is InChI=1S/C19H25N5O/c1-15(2)14-22-16-7-5-9-21-18(16)23-10-12-24(13-11-23)19(25)17-6-3-4-8-20-17/h3-9,15,22H,10-14H2,1-2H3. The molecule has 3 heterocycles. The fraction of sp³-hybridized carbons (Fsp3) is 0.421. The van der Waals surface area contributed by atoms with Crippen molar-refractivity contribution in [2.24, 2.45) is 5.92 Å². The lowest BCUT2D eigenvalue weighted by Crippen LogP contribution is -2.49. The largest absolute Gasteiger partial charge is 0.382 e. The van der Waals surface area contributed by atoms with E-state index in [-0.39, 0.29) is 5.91 Å². The Morgan fingerprint density at radius 1 is 1.08 bits per heavy atom. The van der Waals surface area contributed by atoms with E-state index >= 15 is 0 Å². The number of nitrogens with zero attached hydrogens (tertiary/aromatic N) is 4. The first-order valence-electron chi connectivity index (χ1n) is 8.79. The molecule has 1 aliphatic heterocycles. The first-order chi connectivity index (χ1) is 12.1. The van der Waals surface area contributed by atoms with Crippen molar-refractivity contribution in [3.05, 3.63) is 48.4 Å². The highest BCUT2D eigenvalue weighted by atomic mass is 16.2. The number of piperazine rings is 1. The van der Waals surface area contributed by atoms with Crippen LogP contribution >= 0.6 is 0 Å². The van der Waals surface area contributed by atoms with E-state index in [1.54, 1.807) is 12.3 Å². The first-order valence-corrected chi connectivity index (χ1v) is 8.79. The topological polar surface area (TPSA) is 61.4 Å². The van der Waals surface area contributed by atoms with Crippen LogP contribution in [0.15, 0.2) is 42.7 Å². The molecule has 1 amide bonds. The number of nitrogens with one attached hydrogen (secondary N) is 1. The van der Waals surface area contributed by atoms with Crippen molar-refractivity contribution in [1.29, 1.82) is 0 Å². The normalized spacial score (nSPS) is 14.7. The van der Waals surface area contributed by atoms with Gasteiger partial charge in [0, 0.05) is 45.1 Å². The highest BCUT2D eigenvalue weighted by Gasteiger charge is 2.24. The van der Waals surface area contributed by atoms with Crippen LogP contribution in [0.2, 0.25) is 0 Å². The second-order valence-corrected chi connectivity index (χ2v) is 6.64. The molecule has 0 atom stereocenters. The second-order valence-electron chi connectivity index (χ2n) is 6.64. The first kappa shape index (κ1) is 17.2.